The number of fused-ring (bicyclic) bond motifs is 1. The summed E-state index contributed by atoms with van der Waals surface area (Å²) in [6.07, 6.45) is 2.66. The number of nitrogens with zero attached hydrogens (tertiary/aromatic N) is 3. The van der Waals surface area contributed by atoms with Crippen molar-refractivity contribution in [1.82, 2.24) is 14.9 Å². The number of aryl methyl sites for hydroxylation is 1. The maximum Gasteiger partial charge on any atom is 0.141 e. The fourth-order valence-electron chi connectivity index (χ4n) is 2.56. The van der Waals surface area contributed by atoms with E-state index in [9.17, 15) is 4.39 Å². The predicted molar refractivity (Wildman–Crippen MR) is 67.9 cm³/mol. The molecule has 19 heavy (non-hydrogen) atoms. The van der Waals surface area contributed by atoms with E-state index in [1.54, 1.807) is 12.4 Å². The number of imidazole rings is 1. The van der Waals surface area contributed by atoms with E-state index in [1.165, 1.54) is 12.1 Å². The molecule has 1 atom stereocenters. The minimum atomic E-state index is -0.476. The Bertz CT molecular complexity index is 669. The largest absolute Gasteiger partial charge is 0.336 e. The van der Waals surface area contributed by atoms with E-state index in [2.05, 4.69) is 10.3 Å². The molecule has 0 spiro atoms. The molecule has 1 aliphatic rings. The number of hydrogen-bond acceptors (Lipinski definition) is 3. The minimum Gasteiger partial charge on any atom is -0.336 e. The van der Waals surface area contributed by atoms with Gasteiger partial charge in [-0.15, -0.1) is 0 Å². The van der Waals surface area contributed by atoms with E-state index < -0.39 is 5.82 Å². The maximum atomic E-state index is 13.7. The van der Waals surface area contributed by atoms with Gasteiger partial charge < -0.3 is 9.88 Å². The van der Waals surface area contributed by atoms with Crippen LogP contribution in [0.4, 0.5) is 4.39 Å². The summed E-state index contributed by atoms with van der Waals surface area (Å²) >= 11 is 0. The van der Waals surface area contributed by atoms with Crippen molar-refractivity contribution >= 4 is 0 Å². The zero-order valence-corrected chi connectivity index (χ0v) is 10.5. The average molecular weight is 256 g/mol. The van der Waals surface area contributed by atoms with Crippen molar-refractivity contribution in [2.75, 3.05) is 6.54 Å². The third kappa shape index (κ3) is 1.90. The van der Waals surface area contributed by atoms with Crippen molar-refractivity contribution in [2.24, 2.45) is 7.05 Å². The summed E-state index contributed by atoms with van der Waals surface area (Å²) in [5, 5.41) is 12.1. The predicted octanol–water partition coefficient (Wildman–Crippen LogP) is 1.67. The lowest BCUT2D eigenvalue weighted by Crippen LogP contribution is -2.32. The van der Waals surface area contributed by atoms with Gasteiger partial charge in [-0.3, -0.25) is 0 Å². The van der Waals surface area contributed by atoms with Crippen LogP contribution in [-0.2, 0) is 13.5 Å². The maximum absolute atomic E-state index is 13.7. The normalized spacial score (nSPS) is 17.8. The van der Waals surface area contributed by atoms with E-state index in [4.69, 9.17) is 5.26 Å². The fourth-order valence-corrected chi connectivity index (χ4v) is 2.56. The lowest BCUT2D eigenvalue weighted by molar-refractivity contribution is 0.530. The van der Waals surface area contributed by atoms with E-state index in [1.807, 2.05) is 17.7 Å². The second kappa shape index (κ2) is 4.48. The van der Waals surface area contributed by atoms with Gasteiger partial charge in [0.15, 0.2) is 0 Å². The molecule has 0 saturated heterocycles. The Morgan fingerprint density at radius 1 is 1.53 bits per heavy atom. The summed E-state index contributed by atoms with van der Waals surface area (Å²) in [5.74, 6) is -0.476. The SMILES string of the molecule is Cn1cnc2c1C(c1ccc(C#N)c(F)c1)NCC2. The lowest BCUT2D eigenvalue weighted by Gasteiger charge is -2.25. The summed E-state index contributed by atoms with van der Waals surface area (Å²) in [5.41, 5.74) is 3.01. The van der Waals surface area contributed by atoms with Gasteiger partial charge in [0, 0.05) is 20.0 Å². The molecule has 1 aromatic heterocycles. The van der Waals surface area contributed by atoms with Crippen LogP contribution in [0.25, 0.3) is 0 Å². The highest BCUT2D eigenvalue weighted by Gasteiger charge is 2.25. The quantitative estimate of drug-likeness (QED) is 0.844. The van der Waals surface area contributed by atoms with Gasteiger partial charge in [-0.2, -0.15) is 5.26 Å². The van der Waals surface area contributed by atoms with Gasteiger partial charge >= 0.3 is 0 Å². The van der Waals surface area contributed by atoms with Crippen LogP contribution in [0, 0.1) is 17.1 Å². The van der Waals surface area contributed by atoms with Crippen molar-refractivity contribution < 1.29 is 4.39 Å². The van der Waals surface area contributed by atoms with E-state index in [0.29, 0.717) is 0 Å². The Kier molecular flexibility index (Phi) is 2.80. The van der Waals surface area contributed by atoms with Crippen LogP contribution in [0.15, 0.2) is 24.5 Å². The van der Waals surface area contributed by atoms with E-state index in [-0.39, 0.29) is 11.6 Å². The van der Waals surface area contributed by atoms with Gasteiger partial charge in [0.1, 0.15) is 11.9 Å². The van der Waals surface area contributed by atoms with Crippen molar-refractivity contribution in [2.45, 2.75) is 12.5 Å². The van der Waals surface area contributed by atoms with Crippen molar-refractivity contribution in [1.29, 1.82) is 5.26 Å². The highest BCUT2D eigenvalue weighted by atomic mass is 19.1. The zero-order chi connectivity index (χ0) is 13.4. The summed E-state index contributed by atoms with van der Waals surface area (Å²) < 4.78 is 15.7. The molecule has 1 N–H and O–H groups in total. The standard InChI is InChI=1S/C14H13FN4/c1-19-8-18-12-4-5-17-13(14(12)19)9-2-3-10(7-16)11(15)6-9/h2-3,6,8,13,17H,4-5H2,1H3. The van der Waals surface area contributed by atoms with Gasteiger partial charge in [0.05, 0.1) is 29.3 Å². The molecule has 3 rings (SSSR count). The number of hydrogen-bond donors (Lipinski definition) is 1. The molecule has 1 unspecified atom stereocenters. The van der Waals surface area contributed by atoms with Crippen LogP contribution in [0.5, 0.6) is 0 Å². The van der Waals surface area contributed by atoms with Gasteiger partial charge in [-0.1, -0.05) is 6.07 Å². The van der Waals surface area contributed by atoms with Crippen LogP contribution >= 0.6 is 0 Å². The Morgan fingerprint density at radius 2 is 2.37 bits per heavy atom. The number of halogens is 1. The molecule has 0 saturated carbocycles. The lowest BCUT2D eigenvalue weighted by atomic mass is 9.96. The van der Waals surface area contributed by atoms with Gasteiger partial charge in [-0.05, 0) is 17.7 Å². The van der Waals surface area contributed by atoms with Crippen LogP contribution in [-0.4, -0.2) is 16.1 Å². The van der Waals surface area contributed by atoms with Crippen LogP contribution in [0.3, 0.4) is 0 Å². The van der Waals surface area contributed by atoms with Crippen molar-refractivity contribution in [3.8, 4) is 6.07 Å². The second-order valence-electron chi connectivity index (χ2n) is 4.68. The molecular weight excluding hydrogens is 243 g/mol. The summed E-state index contributed by atoms with van der Waals surface area (Å²) in [6.45, 7) is 0.816. The molecule has 0 radical (unpaired) electrons. The fraction of sp³-hybridized carbons (Fsp3) is 0.286. The Hall–Kier alpha value is -2.19. The zero-order valence-electron chi connectivity index (χ0n) is 10.5. The van der Waals surface area contributed by atoms with Crippen molar-refractivity contribution in [3.63, 3.8) is 0 Å². The molecule has 5 heteroatoms. The first kappa shape index (κ1) is 11.9. The first-order valence-corrected chi connectivity index (χ1v) is 6.13. The summed E-state index contributed by atoms with van der Waals surface area (Å²) in [6, 6.07) is 6.51. The highest BCUT2D eigenvalue weighted by molar-refractivity contribution is 5.39. The molecule has 4 nitrogen and oxygen atoms in total. The van der Waals surface area contributed by atoms with Gasteiger partial charge in [0.2, 0.25) is 0 Å². The minimum absolute atomic E-state index is 0.0708. The monoisotopic (exact) mass is 256 g/mol. The molecular formula is C14H13FN4. The molecule has 96 valence electrons. The molecule has 2 aromatic rings. The Balaban J connectivity index is 2.07. The molecule has 1 aromatic carbocycles. The Labute approximate surface area is 110 Å². The summed E-state index contributed by atoms with van der Waals surface area (Å²) in [7, 11) is 1.94. The van der Waals surface area contributed by atoms with Gasteiger partial charge in [0.25, 0.3) is 0 Å². The van der Waals surface area contributed by atoms with E-state index >= 15 is 0 Å². The third-order valence-electron chi connectivity index (χ3n) is 3.49. The second-order valence-corrected chi connectivity index (χ2v) is 4.68. The number of benzene rings is 1. The van der Waals surface area contributed by atoms with E-state index in [0.717, 1.165) is 29.9 Å². The summed E-state index contributed by atoms with van der Waals surface area (Å²) in [4.78, 5) is 4.37. The highest BCUT2D eigenvalue weighted by Crippen LogP contribution is 2.28. The third-order valence-corrected chi connectivity index (χ3v) is 3.49. The topological polar surface area (TPSA) is 53.6 Å². The molecule has 0 fully saturated rings. The molecule has 0 aliphatic carbocycles. The van der Waals surface area contributed by atoms with Crippen LogP contribution < -0.4 is 5.32 Å². The van der Waals surface area contributed by atoms with Crippen LogP contribution in [0.1, 0.15) is 28.6 Å². The number of nitriles is 1. The molecule has 0 amide bonds. The van der Waals surface area contributed by atoms with Crippen molar-refractivity contribution in [3.05, 3.63) is 52.9 Å². The number of rotatable bonds is 1. The molecule has 0 bridgehead atoms. The van der Waals surface area contributed by atoms with Gasteiger partial charge in [-0.25, -0.2) is 9.37 Å². The molecule has 2 heterocycles. The molecule has 1 aliphatic heterocycles. The smallest absolute Gasteiger partial charge is 0.141 e. The number of aromatic nitrogens is 2. The Morgan fingerprint density at radius 3 is 3.11 bits per heavy atom. The van der Waals surface area contributed by atoms with Crippen LogP contribution in [0.2, 0.25) is 0 Å². The number of nitrogens with one attached hydrogen (secondary N) is 1. The first-order valence-electron chi connectivity index (χ1n) is 6.13. The average Bonchev–Trinajstić information content (AvgIpc) is 2.81. The first-order chi connectivity index (χ1) is 9.20.